The van der Waals surface area contributed by atoms with E-state index in [1.165, 1.54) is 0 Å². The van der Waals surface area contributed by atoms with Gasteiger partial charge in [-0.05, 0) is 43.3 Å². The quantitative estimate of drug-likeness (QED) is 0.580. The Morgan fingerprint density at radius 1 is 1.29 bits per heavy atom. The topological polar surface area (TPSA) is 81.2 Å². The second-order valence-electron chi connectivity index (χ2n) is 4.67. The maximum atomic E-state index is 11.4. The van der Waals surface area contributed by atoms with Gasteiger partial charge in [0.15, 0.2) is 0 Å². The van der Waals surface area contributed by atoms with Gasteiger partial charge in [-0.15, -0.1) is 0 Å². The first kappa shape index (κ1) is 13.1. The Bertz CT molecular complexity index is 784. The number of hydrogen-bond donors (Lipinski definition) is 1. The first-order chi connectivity index (χ1) is 10.2. The third kappa shape index (κ3) is 2.43. The Morgan fingerprint density at radius 2 is 2.14 bits per heavy atom. The van der Waals surface area contributed by atoms with Crippen LogP contribution in [-0.4, -0.2) is 9.91 Å². The van der Waals surface area contributed by atoms with Crippen molar-refractivity contribution in [2.75, 3.05) is 5.32 Å². The average molecular weight is 283 g/mol. The molecule has 1 aromatic carbocycles. The number of furan rings is 1. The van der Waals surface area contributed by atoms with Gasteiger partial charge >= 0.3 is 5.69 Å². The zero-order chi connectivity index (χ0) is 14.8. The maximum Gasteiger partial charge on any atom is 0.301 e. The van der Waals surface area contributed by atoms with Crippen LogP contribution in [0.5, 0.6) is 0 Å². The molecule has 0 spiro atoms. The van der Waals surface area contributed by atoms with Gasteiger partial charge in [0.25, 0.3) is 0 Å². The molecule has 3 rings (SSSR count). The van der Waals surface area contributed by atoms with Crippen molar-refractivity contribution in [3.8, 4) is 0 Å². The Balaban J connectivity index is 2.06. The van der Waals surface area contributed by atoms with Gasteiger partial charge in [-0.3, -0.25) is 15.1 Å². The van der Waals surface area contributed by atoms with Gasteiger partial charge in [0.1, 0.15) is 11.4 Å². The number of nitro benzene ring substituents is 1. The van der Waals surface area contributed by atoms with Gasteiger partial charge in [0.05, 0.1) is 28.1 Å². The van der Waals surface area contributed by atoms with Crippen LogP contribution >= 0.6 is 0 Å². The van der Waals surface area contributed by atoms with E-state index in [9.17, 15) is 10.1 Å². The summed E-state index contributed by atoms with van der Waals surface area (Å²) in [5, 5.41) is 15.1. The lowest BCUT2D eigenvalue weighted by molar-refractivity contribution is -0.382. The minimum Gasteiger partial charge on any atom is -0.467 e. The molecule has 1 atom stereocenters. The molecule has 0 saturated carbocycles. The molecule has 0 aliphatic rings. The van der Waals surface area contributed by atoms with Crippen LogP contribution in [0.4, 0.5) is 11.4 Å². The lowest BCUT2D eigenvalue weighted by atomic mass is 10.1. The minimum absolute atomic E-state index is 0.0269. The predicted octanol–water partition coefficient (Wildman–Crippen LogP) is 3.91. The van der Waals surface area contributed by atoms with E-state index in [4.69, 9.17) is 4.42 Å². The molecule has 1 N–H and O–H groups in total. The van der Waals surface area contributed by atoms with Crippen molar-refractivity contribution in [2.45, 2.75) is 13.0 Å². The third-order valence-electron chi connectivity index (χ3n) is 3.28. The minimum atomic E-state index is -0.388. The van der Waals surface area contributed by atoms with Gasteiger partial charge < -0.3 is 9.73 Å². The van der Waals surface area contributed by atoms with E-state index in [1.54, 1.807) is 42.8 Å². The highest BCUT2D eigenvalue weighted by molar-refractivity contribution is 5.94. The van der Waals surface area contributed by atoms with Crippen LogP contribution < -0.4 is 5.32 Å². The normalized spacial score (nSPS) is 12.2. The molecular formula is C15H13N3O3. The molecule has 106 valence electrons. The SMILES string of the molecule is CC(Nc1ccc2ncccc2c1[N+](=O)[O-])c1ccco1. The van der Waals surface area contributed by atoms with Crippen molar-refractivity contribution in [1.29, 1.82) is 0 Å². The molecule has 0 aliphatic heterocycles. The van der Waals surface area contributed by atoms with Crippen LogP contribution in [0.25, 0.3) is 10.9 Å². The summed E-state index contributed by atoms with van der Waals surface area (Å²) in [5.41, 5.74) is 1.07. The van der Waals surface area contributed by atoms with Gasteiger partial charge in [-0.25, -0.2) is 0 Å². The first-order valence-electron chi connectivity index (χ1n) is 6.49. The second-order valence-corrected chi connectivity index (χ2v) is 4.67. The summed E-state index contributed by atoms with van der Waals surface area (Å²) >= 11 is 0. The summed E-state index contributed by atoms with van der Waals surface area (Å²) < 4.78 is 5.31. The van der Waals surface area contributed by atoms with Crippen LogP contribution in [0.2, 0.25) is 0 Å². The largest absolute Gasteiger partial charge is 0.467 e. The summed E-state index contributed by atoms with van der Waals surface area (Å²) in [7, 11) is 0. The highest BCUT2D eigenvalue weighted by atomic mass is 16.6. The summed E-state index contributed by atoms with van der Waals surface area (Å²) in [6, 6.07) is 10.3. The van der Waals surface area contributed by atoms with Crippen LogP contribution in [0.3, 0.4) is 0 Å². The number of hydrogen-bond acceptors (Lipinski definition) is 5. The summed E-state index contributed by atoms with van der Waals surface area (Å²) in [5.74, 6) is 0.718. The van der Waals surface area contributed by atoms with Crippen molar-refractivity contribution in [2.24, 2.45) is 0 Å². The molecular weight excluding hydrogens is 270 g/mol. The fourth-order valence-corrected chi connectivity index (χ4v) is 2.29. The predicted molar refractivity (Wildman–Crippen MR) is 79.1 cm³/mol. The second kappa shape index (κ2) is 5.24. The molecule has 0 fully saturated rings. The van der Waals surface area contributed by atoms with Crippen LogP contribution in [0.1, 0.15) is 18.7 Å². The molecule has 0 bridgehead atoms. The maximum absolute atomic E-state index is 11.4. The highest BCUT2D eigenvalue weighted by Crippen LogP contribution is 2.34. The molecule has 1 unspecified atom stereocenters. The molecule has 6 heteroatoms. The zero-order valence-electron chi connectivity index (χ0n) is 11.3. The van der Waals surface area contributed by atoms with Gasteiger partial charge in [-0.2, -0.15) is 0 Å². The summed E-state index contributed by atoms with van der Waals surface area (Å²) in [6.07, 6.45) is 3.19. The number of fused-ring (bicyclic) bond motifs is 1. The van der Waals surface area contributed by atoms with Crippen LogP contribution in [0.15, 0.2) is 53.3 Å². The Labute approximate surface area is 120 Å². The van der Waals surface area contributed by atoms with E-state index < -0.39 is 0 Å². The number of aromatic nitrogens is 1. The number of nitrogens with zero attached hydrogens (tertiary/aromatic N) is 2. The smallest absolute Gasteiger partial charge is 0.301 e. The van der Waals surface area contributed by atoms with Gasteiger partial charge in [0.2, 0.25) is 0 Å². The number of benzene rings is 1. The standard InChI is InChI=1S/C15H13N3O3/c1-10(14-5-3-9-21-14)17-13-7-6-12-11(4-2-8-16-12)15(13)18(19)20/h2-10,17H,1H3. The van der Waals surface area contributed by atoms with E-state index in [2.05, 4.69) is 10.3 Å². The Hall–Kier alpha value is -2.89. The number of rotatable bonds is 4. The first-order valence-corrected chi connectivity index (χ1v) is 6.49. The van der Waals surface area contributed by atoms with E-state index >= 15 is 0 Å². The lowest BCUT2D eigenvalue weighted by Crippen LogP contribution is -2.08. The highest BCUT2D eigenvalue weighted by Gasteiger charge is 2.21. The van der Waals surface area contributed by atoms with Crippen LogP contribution in [-0.2, 0) is 0 Å². The molecule has 21 heavy (non-hydrogen) atoms. The van der Waals surface area contributed by atoms with Crippen molar-refractivity contribution in [3.05, 3.63) is 64.7 Å². The summed E-state index contributed by atoms with van der Waals surface area (Å²) in [6.45, 7) is 1.88. The van der Waals surface area contributed by atoms with E-state index in [-0.39, 0.29) is 16.7 Å². The van der Waals surface area contributed by atoms with Gasteiger partial charge in [-0.1, -0.05) is 0 Å². The lowest BCUT2D eigenvalue weighted by Gasteiger charge is -2.13. The van der Waals surface area contributed by atoms with E-state index in [1.807, 2.05) is 13.0 Å². The molecule has 2 heterocycles. The van der Waals surface area contributed by atoms with Crippen molar-refractivity contribution in [1.82, 2.24) is 4.98 Å². The number of nitrogens with one attached hydrogen (secondary N) is 1. The van der Waals surface area contributed by atoms with Gasteiger partial charge in [0, 0.05) is 6.20 Å². The number of anilines is 1. The van der Waals surface area contributed by atoms with Crippen LogP contribution in [0, 0.1) is 10.1 Å². The molecule has 0 saturated heterocycles. The third-order valence-corrected chi connectivity index (χ3v) is 3.28. The van der Waals surface area contributed by atoms with E-state index in [0.717, 1.165) is 5.76 Å². The Morgan fingerprint density at radius 3 is 2.86 bits per heavy atom. The van der Waals surface area contributed by atoms with Crippen molar-refractivity contribution in [3.63, 3.8) is 0 Å². The molecule has 0 radical (unpaired) electrons. The molecule has 2 aromatic heterocycles. The van der Waals surface area contributed by atoms with Crippen molar-refractivity contribution >= 4 is 22.3 Å². The van der Waals surface area contributed by atoms with Crippen molar-refractivity contribution < 1.29 is 9.34 Å². The number of nitro groups is 1. The molecule has 3 aromatic rings. The fourth-order valence-electron chi connectivity index (χ4n) is 2.29. The summed E-state index contributed by atoms with van der Waals surface area (Å²) in [4.78, 5) is 15.2. The molecule has 6 nitrogen and oxygen atoms in total. The molecule has 0 aliphatic carbocycles. The average Bonchev–Trinajstić information content (AvgIpc) is 3.01. The molecule has 0 amide bonds. The van der Waals surface area contributed by atoms with E-state index in [0.29, 0.717) is 16.6 Å². The Kier molecular flexibility index (Phi) is 3.27. The fraction of sp³-hybridized carbons (Fsp3) is 0.133. The number of pyridine rings is 1. The zero-order valence-corrected chi connectivity index (χ0v) is 11.3. The monoisotopic (exact) mass is 283 g/mol.